The number of carbonyl (C=O) groups is 1. The van der Waals surface area contributed by atoms with E-state index in [-0.39, 0.29) is 18.7 Å². The molecule has 0 bridgehead atoms. The Morgan fingerprint density at radius 3 is 2.86 bits per heavy atom. The molecule has 1 aromatic carbocycles. The lowest BCUT2D eigenvalue weighted by Crippen LogP contribution is -2.43. The topological polar surface area (TPSA) is 61.8 Å². The highest BCUT2D eigenvalue weighted by atomic mass is 16.5. The molecule has 5 nitrogen and oxygen atoms in total. The van der Waals surface area contributed by atoms with Gasteiger partial charge in [-0.05, 0) is 43.9 Å². The minimum absolute atomic E-state index is 0.0468. The summed E-state index contributed by atoms with van der Waals surface area (Å²) in [6.07, 6.45) is 2.59. The van der Waals surface area contributed by atoms with Crippen molar-refractivity contribution in [2.24, 2.45) is 0 Å². The molecule has 1 heterocycles. The SMILES string of the molecule is Cc1cccc(NC(=O)N2CCC(OCCCO)CC2)c1. The summed E-state index contributed by atoms with van der Waals surface area (Å²) in [5.74, 6) is 0. The Morgan fingerprint density at radius 1 is 1.43 bits per heavy atom. The normalized spacial score (nSPS) is 16.0. The van der Waals surface area contributed by atoms with Gasteiger partial charge in [0.1, 0.15) is 0 Å². The van der Waals surface area contributed by atoms with Crippen LogP contribution in [-0.4, -0.2) is 48.4 Å². The second-order valence-electron chi connectivity index (χ2n) is 5.43. The van der Waals surface area contributed by atoms with E-state index in [1.807, 2.05) is 36.1 Å². The number of piperidine rings is 1. The summed E-state index contributed by atoms with van der Waals surface area (Å²) in [6.45, 7) is 4.18. The fourth-order valence-corrected chi connectivity index (χ4v) is 2.47. The number of likely N-dealkylation sites (tertiary alicyclic amines) is 1. The van der Waals surface area contributed by atoms with E-state index in [4.69, 9.17) is 9.84 Å². The number of aryl methyl sites for hydroxylation is 1. The van der Waals surface area contributed by atoms with Crippen LogP contribution in [0.15, 0.2) is 24.3 Å². The van der Waals surface area contributed by atoms with Crippen LogP contribution in [0.25, 0.3) is 0 Å². The first kappa shape index (κ1) is 15.8. The van der Waals surface area contributed by atoms with Crippen LogP contribution in [0.5, 0.6) is 0 Å². The molecule has 0 radical (unpaired) electrons. The molecule has 21 heavy (non-hydrogen) atoms. The fraction of sp³-hybridized carbons (Fsp3) is 0.562. The van der Waals surface area contributed by atoms with Gasteiger partial charge < -0.3 is 20.1 Å². The van der Waals surface area contributed by atoms with Crippen molar-refractivity contribution in [2.75, 3.05) is 31.6 Å². The number of amides is 2. The molecule has 1 fully saturated rings. The van der Waals surface area contributed by atoms with E-state index in [9.17, 15) is 4.79 Å². The van der Waals surface area contributed by atoms with Crippen LogP contribution < -0.4 is 5.32 Å². The number of anilines is 1. The van der Waals surface area contributed by atoms with Gasteiger partial charge in [0, 0.05) is 32.0 Å². The summed E-state index contributed by atoms with van der Waals surface area (Å²) in [6, 6.07) is 7.75. The maximum atomic E-state index is 12.2. The third kappa shape index (κ3) is 5.02. The molecule has 116 valence electrons. The molecule has 0 aliphatic carbocycles. The Morgan fingerprint density at radius 2 is 2.19 bits per heavy atom. The highest BCUT2D eigenvalue weighted by Gasteiger charge is 2.23. The molecular formula is C16H24N2O3. The van der Waals surface area contributed by atoms with Crippen molar-refractivity contribution >= 4 is 11.7 Å². The average Bonchev–Trinajstić information content (AvgIpc) is 2.48. The van der Waals surface area contributed by atoms with Crippen LogP contribution in [0.4, 0.5) is 10.5 Å². The Labute approximate surface area is 125 Å². The molecule has 0 spiro atoms. The largest absolute Gasteiger partial charge is 0.396 e. The van der Waals surface area contributed by atoms with Gasteiger partial charge in [-0.15, -0.1) is 0 Å². The molecule has 0 atom stereocenters. The second-order valence-corrected chi connectivity index (χ2v) is 5.43. The summed E-state index contributed by atoms with van der Waals surface area (Å²) in [5, 5.41) is 11.7. The van der Waals surface area contributed by atoms with Gasteiger partial charge in [0.2, 0.25) is 0 Å². The third-order valence-electron chi connectivity index (χ3n) is 3.65. The number of carbonyl (C=O) groups excluding carboxylic acids is 1. The van der Waals surface area contributed by atoms with Crippen molar-refractivity contribution in [1.29, 1.82) is 0 Å². The Balaban J connectivity index is 1.75. The molecule has 2 rings (SSSR count). The molecular weight excluding hydrogens is 268 g/mol. The van der Waals surface area contributed by atoms with Gasteiger partial charge in [0.05, 0.1) is 6.10 Å². The highest BCUT2D eigenvalue weighted by Crippen LogP contribution is 2.16. The molecule has 1 saturated heterocycles. The quantitative estimate of drug-likeness (QED) is 0.819. The zero-order valence-electron chi connectivity index (χ0n) is 12.5. The number of hydrogen-bond acceptors (Lipinski definition) is 3. The number of nitrogens with one attached hydrogen (secondary N) is 1. The monoisotopic (exact) mass is 292 g/mol. The lowest BCUT2D eigenvalue weighted by molar-refractivity contribution is 0.0101. The van der Waals surface area contributed by atoms with Gasteiger partial charge in [-0.25, -0.2) is 4.79 Å². The minimum Gasteiger partial charge on any atom is -0.396 e. The van der Waals surface area contributed by atoms with Crippen molar-refractivity contribution in [1.82, 2.24) is 4.90 Å². The predicted molar refractivity (Wildman–Crippen MR) is 82.4 cm³/mol. The van der Waals surface area contributed by atoms with E-state index in [1.165, 1.54) is 0 Å². The molecule has 1 aromatic rings. The lowest BCUT2D eigenvalue weighted by atomic mass is 10.1. The number of nitrogens with zero attached hydrogens (tertiary/aromatic N) is 1. The summed E-state index contributed by atoms with van der Waals surface area (Å²) < 4.78 is 5.67. The Hall–Kier alpha value is -1.59. The van der Waals surface area contributed by atoms with Crippen molar-refractivity contribution < 1.29 is 14.6 Å². The maximum absolute atomic E-state index is 12.2. The van der Waals surface area contributed by atoms with Crippen LogP contribution in [0.3, 0.4) is 0 Å². The van der Waals surface area contributed by atoms with Crippen molar-refractivity contribution in [3.05, 3.63) is 29.8 Å². The molecule has 2 N–H and O–H groups in total. The van der Waals surface area contributed by atoms with Crippen LogP contribution in [0.2, 0.25) is 0 Å². The van der Waals surface area contributed by atoms with E-state index in [0.29, 0.717) is 26.1 Å². The first-order valence-electron chi connectivity index (χ1n) is 7.54. The van der Waals surface area contributed by atoms with Crippen molar-refractivity contribution in [3.63, 3.8) is 0 Å². The molecule has 1 aliphatic rings. The second kappa shape index (κ2) is 8.00. The molecule has 1 aliphatic heterocycles. The summed E-state index contributed by atoms with van der Waals surface area (Å²) >= 11 is 0. The fourth-order valence-electron chi connectivity index (χ4n) is 2.47. The summed E-state index contributed by atoms with van der Waals surface area (Å²) in [4.78, 5) is 14.0. The van der Waals surface area contributed by atoms with Crippen LogP contribution in [0.1, 0.15) is 24.8 Å². The van der Waals surface area contributed by atoms with Crippen LogP contribution >= 0.6 is 0 Å². The number of aliphatic hydroxyl groups excluding tert-OH is 1. The average molecular weight is 292 g/mol. The van der Waals surface area contributed by atoms with E-state index in [0.717, 1.165) is 24.1 Å². The van der Waals surface area contributed by atoms with Crippen LogP contribution in [-0.2, 0) is 4.74 Å². The minimum atomic E-state index is -0.0468. The smallest absolute Gasteiger partial charge is 0.321 e. The zero-order valence-corrected chi connectivity index (χ0v) is 12.5. The standard InChI is InChI=1S/C16H24N2O3/c1-13-4-2-5-14(12-13)17-16(20)18-8-6-15(7-9-18)21-11-3-10-19/h2,4-5,12,15,19H,3,6-11H2,1H3,(H,17,20). The van der Waals surface area contributed by atoms with Gasteiger partial charge in [-0.3, -0.25) is 0 Å². The number of rotatable bonds is 5. The van der Waals surface area contributed by atoms with E-state index in [2.05, 4.69) is 5.32 Å². The van der Waals surface area contributed by atoms with Gasteiger partial charge >= 0.3 is 6.03 Å². The van der Waals surface area contributed by atoms with Gasteiger partial charge in [0.15, 0.2) is 0 Å². The number of aliphatic hydroxyl groups is 1. The van der Waals surface area contributed by atoms with E-state index < -0.39 is 0 Å². The number of hydrogen-bond donors (Lipinski definition) is 2. The number of benzene rings is 1. The lowest BCUT2D eigenvalue weighted by Gasteiger charge is -2.32. The summed E-state index contributed by atoms with van der Waals surface area (Å²) in [7, 11) is 0. The molecule has 2 amide bonds. The third-order valence-corrected chi connectivity index (χ3v) is 3.65. The van der Waals surface area contributed by atoms with Crippen LogP contribution in [0, 0.1) is 6.92 Å². The van der Waals surface area contributed by atoms with Gasteiger partial charge in [-0.2, -0.15) is 0 Å². The number of urea groups is 1. The van der Waals surface area contributed by atoms with Crippen molar-refractivity contribution in [3.8, 4) is 0 Å². The molecule has 0 unspecified atom stereocenters. The van der Waals surface area contributed by atoms with Crippen molar-refractivity contribution in [2.45, 2.75) is 32.3 Å². The summed E-state index contributed by atoms with van der Waals surface area (Å²) in [5.41, 5.74) is 1.96. The molecule has 0 aromatic heterocycles. The van der Waals surface area contributed by atoms with E-state index in [1.54, 1.807) is 0 Å². The zero-order chi connectivity index (χ0) is 15.1. The predicted octanol–water partition coefficient (Wildman–Crippen LogP) is 2.39. The Kier molecular flexibility index (Phi) is 6.02. The first-order valence-corrected chi connectivity index (χ1v) is 7.54. The Bertz CT molecular complexity index is 457. The maximum Gasteiger partial charge on any atom is 0.321 e. The number of ether oxygens (including phenoxy) is 1. The molecule has 0 saturated carbocycles. The highest BCUT2D eigenvalue weighted by molar-refractivity contribution is 5.89. The van der Waals surface area contributed by atoms with Gasteiger partial charge in [0.25, 0.3) is 0 Å². The van der Waals surface area contributed by atoms with Gasteiger partial charge in [-0.1, -0.05) is 12.1 Å². The van der Waals surface area contributed by atoms with E-state index >= 15 is 0 Å². The first-order chi connectivity index (χ1) is 10.2. The molecule has 5 heteroatoms.